The number of hydrogen-bond acceptors (Lipinski definition) is 4. The topological polar surface area (TPSA) is 25.8 Å². The Morgan fingerprint density at radius 1 is 1.20 bits per heavy atom. The van der Waals surface area contributed by atoms with Crippen molar-refractivity contribution in [2.24, 2.45) is 0 Å². The molecule has 0 aliphatic carbocycles. The Labute approximate surface area is 131 Å². The van der Waals surface area contributed by atoms with E-state index in [2.05, 4.69) is 47.2 Å². The zero-order valence-electron chi connectivity index (χ0n) is 11.0. The van der Waals surface area contributed by atoms with Gasteiger partial charge in [-0.25, -0.2) is 9.97 Å². The van der Waals surface area contributed by atoms with Crippen molar-refractivity contribution in [3.63, 3.8) is 0 Å². The fourth-order valence-electron chi connectivity index (χ4n) is 1.93. The molecule has 0 amide bonds. The molecule has 0 bridgehead atoms. The van der Waals surface area contributed by atoms with E-state index in [1.807, 2.05) is 6.07 Å². The zero-order chi connectivity index (χ0) is 13.9. The van der Waals surface area contributed by atoms with Crippen LogP contribution in [0.1, 0.15) is 17.4 Å². The molecule has 2 nitrogen and oxygen atoms in total. The Balaban J connectivity index is 1.92. The average molecular weight is 321 g/mol. The first-order valence-corrected chi connectivity index (χ1v) is 8.57. The van der Waals surface area contributed by atoms with Crippen LogP contribution in [0.15, 0.2) is 41.4 Å². The first-order chi connectivity index (χ1) is 9.76. The number of halogens is 1. The molecule has 0 aliphatic heterocycles. The summed E-state index contributed by atoms with van der Waals surface area (Å²) >= 11 is 9.44. The minimum absolute atomic E-state index is 0.331. The van der Waals surface area contributed by atoms with E-state index in [1.54, 1.807) is 23.1 Å². The minimum atomic E-state index is 0.331. The maximum atomic E-state index is 6.03. The van der Waals surface area contributed by atoms with E-state index in [1.165, 1.54) is 10.4 Å². The van der Waals surface area contributed by atoms with Gasteiger partial charge in [0.15, 0.2) is 0 Å². The smallest absolute Gasteiger partial charge is 0.211 e. The van der Waals surface area contributed by atoms with Crippen LogP contribution in [0.5, 0.6) is 0 Å². The molecule has 0 radical (unpaired) electrons. The maximum Gasteiger partial charge on any atom is 0.224 e. The lowest BCUT2D eigenvalue weighted by atomic mass is 10.2. The molecular weight excluding hydrogens is 308 g/mol. The van der Waals surface area contributed by atoms with Crippen LogP contribution >= 0.6 is 34.7 Å². The largest absolute Gasteiger partial charge is 0.224 e. The lowest BCUT2D eigenvalue weighted by molar-refractivity contribution is 1.11. The summed E-state index contributed by atoms with van der Waals surface area (Å²) in [6.07, 6.45) is 1.02. The summed E-state index contributed by atoms with van der Waals surface area (Å²) in [5.41, 5.74) is 1.28. The van der Waals surface area contributed by atoms with E-state index in [0.29, 0.717) is 5.28 Å². The molecule has 0 atom stereocenters. The van der Waals surface area contributed by atoms with Crippen molar-refractivity contribution in [1.29, 1.82) is 0 Å². The number of thiophene rings is 1. The number of hydrogen-bond donors (Lipinski definition) is 0. The van der Waals surface area contributed by atoms with Gasteiger partial charge in [-0.1, -0.05) is 37.3 Å². The molecule has 0 saturated carbocycles. The summed E-state index contributed by atoms with van der Waals surface area (Å²) in [6, 6.07) is 12.6. The highest BCUT2D eigenvalue weighted by atomic mass is 35.5. The second kappa shape index (κ2) is 6.12. The second-order valence-corrected chi connectivity index (χ2v) is 6.77. The lowest BCUT2D eigenvalue weighted by Gasteiger charge is -2.03. The zero-order valence-corrected chi connectivity index (χ0v) is 13.4. The molecule has 20 heavy (non-hydrogen) atoms. The molecule has 0 fully saturated rings. The van der Waals surface area contributed by atoms with Gasteiger partial charge in [-0.2, -0.15) is 0 Å². The van der Waals surface area contributed by atoms with Crippen molar-refractivity contribution in [2.75, 3.05) is 0 Å². The summed E-state index contributed by atoms with van der Waals surface area (Å²) < 4.78 is 0. The lowest BCUT2D eigenvalue weighted by Crippen LogP contribution is -1.87. The highest BCUT2D eigenvalue weighted by Gasteiger charge is 2.11. The van der Waals surface area contributed by atoms with Crippen molar-refractivity contribution in [1.82, 2.24) is 9.97 Å². The van der Waals surface area contributed by atoms with E-state index < -0.39 is 0 Å². The molecule has 0 N–H and O–H groups in total. The van der Waals surface area contributed by atoms with Crippen molar-refractivity contribution < 1.29 is 0 Å². The summed E-state index contributed by atoms with van der Waals surface area (Å²) in [5, 5.41) is 2.43. The Hall–Kier alpha value is -1.10. The highest BCUT2D eigenvalue weighted by Crippen LogP contribution is 2.33. The van der Waals surface area contributed by atoms with E-state index in [-0.39, 0.29) is 0 Å². The van der Waals surface area contributed by atoms with Crippen LogP contribution in [0.4, 0.5) is 0 Å². The standard InChI is InChI=1S/C15H13ClN2S2/c1-2-11-8-12-13(17-15(16)18-14(12)20-11)19-9-10-6-4-3-5-7-10/h3-8H,2,9H2,1H3. The normalized spacial score (nSPS) is 11.1. The van der Waals surface area contributed by atoms with Crippen molar-refractivity contribution in [3.8, 4) is 0 Å². The van der Waals surface area contributed by atoms with Gasteiger partial charge in [0.2, 0.25) is 5.28 Å². The molecule has 3 aromatic rings. The molecule has 102 valence electrons. The Morgan fingerprint density at radius 2 is 2.00 bits per heavy atom. The predicted octanol–water partition coefficient (Wildman–Crippen LogP) is 5.20. The van der Waals surface area contributed by atoms with Crippen LogP contribution < -0.4 is 0 Å². The quantitative estimate of drug-likeness (QED) is 0.375. The maximum absolute atomic E-state index is 6.03. The van der Waals surface area contributed by atoms with Gasteiger partial charge in [0, 0.05) is 16.0 Å². The highest BCUT2D eigenvalue weighted by molar-refractivity contribution is 7.98. The summed E-state index contributed by atoms with van der Waals surface area (Å²) in [6.45, 7) is 2.15. The van der Waals surface area contributed by atoms with Crippen LogP contribution in [0.25, 0.3) is 10.2 Å². The monoisotopic (exact) mass is 320 g/mol. The Bertz CT molecular complexity index is 725. The van der Waals surface area contributed by atoms with Crippen LogP contribution in [0.3, 0.4) is 0 Å². The van der Waals surface area contributed by atoms with Gasteiger partial charge >= 0.3 is 0 Å². The Kier molecular flexibility index (Phi) is 4.24. The number of thioether (sulfide) groups is 1. The Morgan fingerprint density at radius 3 is 2.75 bits per heavy atom. The van der Waals surface area contributed by atoms with Gasteiger partial charge in [0.05, 0.1) is 0 Å². The van der Waals surface area contributed by atoms with Gasteiger partial charge in [-0.15, -0.1) is 23.1 Å². The predicted molar refractivity (Wildman–Crippen MR) is 87.8 cm³/mol. The van der Waals surface area contributed by atoms with E-state index in [0.717, 1.165) is 27.4 Å². The summed E-state index contributed by atoms with van der Waals surface area (Å²) in [4.78, 5) is 11.0. The molecule has 2 aromatic heterocycles. The first kappa shape index (κ1) is 13.9. The van der Waals surface area contributed by atoms with Gasteiger partial charge in [0.1, 0.15) is 9.86 Å². The van der Waals surface area contributed by atoms with Gasteiger partial charge in [0.25, 0.3) is 0 Å². The van der Waals surface area contributed by atoms with Crippen molar-refractivity contribution in [3.05, 3.63) is 52.1 Å². The van der Waals surface area contributed by atoms with Crippen molar-refractivity contribution in [2.45, 2.75) is 24.1 Å². The number of nitrogens with zero attached hydrogens (tertiary/aromatic N) is 2. The number of fused-ring (bicyclic) bond motifs is 1. The molecule has 3 rings (SSSR count). The van der Waals surface area contributed by atoms with Gasteiger partial charge in [-0.3, -0.25) is 0 Å². The van der Waals surface area contributed by atoms with Crippen LogP contribution in [0.2, 0.25) is 5.28 Å². The molecule has 0 aliphatic rings. The molecular formula is C15H13ClN2S2. The molecule has 0 unspecified atom stereocenters. The van der Waals surface area contributed by atoms with Gasteiger partial charge < -0.3 is 0 Å². The fourth-order valence-corrected chi connectivity index (χ4v) is 4.19. The SMILES string of the molecule is CCc1cc2c(SCc3ccccc3)nc(Cl)nc2s1. The minimum Gasteiger partial charge on any atom is -0.211 e. The summed E-state index contributed by atoms with van der Waals surface area (Å²) in [5.74, 6) is 0.889. The number of aryl methyl sites for hydroxylation is 1. The van der Waals surface area contributed by atoms with Crippen LogP contribution in [-0.4, -0.2) is 9.97 Å². The average Bonchev–Trinajstić information content (AvgIpc) is 2.88. The first-order valence-electron chi connectivity index (χ1n) is 6.39. The third-order valence-corrected chi connectivity index (χ3v) is 5.35. The number of rotatable bonds is 4. The number of benzene rings is 1. The molecule has 1 aromatic carbocycles. The van der Waals surface area contributed by atoms with E-state index in [4.69, 9.17) is 11.6 Å². The van der Waals surface area contributed by atoms with Crippen LogP contribution in [0, 0.1) is 0 Å². The molecule has 0 saturated heterocycles. The second-order valence-electron chi connectivity index (χ2n) is 4.36. The van der Waals surface area contributed by atoms with Crippen LogP contribution in [-0.2, 0) is 12.2 Å². The van der Waals surface area contributed by atoms with Crippen molar-refractivity contribution >= 4 is 44.9 Å². The third-order valence-electron chi connectivity index (χ3n) is 2.95. The fraction of sp³-hybridized carbons (Fsp3) is 0.200. The molecule has 5 heteroatoms. The third kappa shape index (κ3) is 2.97. The van der Waals surface area contributed by atoms with E-state index >= 15 is 0 Å². The van der Waals surface area contributed by atoms with Gasteiger partial charge in [-0.05, 0) is 29.7 Å². The summed E-state index contributed by atoms with van der Waals surface area (Å²) in [7, 11) is 0. The van der Waals surface area contributed by atoms with E-state index in [9.17, 15) is 0 Å². The number of aromatic nitrogens is 2. The molecule has 0 spiro atoms. The molecule has 2 heterocycles.